The second-order valence-electron chi connectivity index (χ2n) is 5.69. The highest BCUT2D eigenvalue weighted by molar-refractivity contribution is 7.92. The molecule has 0 aliphatic heterocycles. The molecule has 6 nitrogen and oxygen atoms in total. The van der Waals surface area contributed by atoms with Crippen LogP contribution in [0.2, 0.25) is 15.1 Å². The molecule has 0 spiro atoms. The van der Waals surface area contributed by atoms with Gasteiger partial charge in [0.2, 0.25) is 0 Å². The molecule has 0 radical (unpaired) electrons. The van der Waals surface area contributed by atoms with E-state index >= 15 is 0 Å². The highest BCUT2D eigenvalue weighted by Crippen LogP contribution is 2.26. The van der Waals surface area contributed by atoms with Crippen molar-refractivity contribution in [2.24, 2.45) is 0 Å². The number of anilines is 2. The maximum Gasteiger partial charge on any atom is 0.264 e. The quantitative estimate of drug-likeness (QED) is 0.530. The zero-order valence-electron chi connectivity index (χ0n) is 14.3. The third kappa shape index (κ3) is 4.97. The van der Waals surface area contributed by atoms with E-state index in [0.717, 1.165) is 12.1 Å². The Kier molecular flexibility index (Phi) is 6.28. The second-order valence-corrected chi connectivity index (χ2v) is 8.59. The summed E-state index contributed by atoms with van der Waals surface area (Å²) in [4.78, 5) is 15.5. The molecule has 29 heavy (non-hydrogen) atoms. The van der Waals surface area contributed by atoms with Gasteiger partial charge in [0.05, 0.1) is 15.6 Å². The number of nitrogens with one attached hydrogen (secondary N) is 2. The fourth-order valence-electron chi connectivity index (χ4n) is 2.34. The van der Waals surface area contributed by atoms with E-state index in [1.54, 1.807) is 0 Å². The Labute approximate surface area is 180 Å². The molecule has 0 atom stereocenters. The number of hydrogen-bond acceptors (Lipinski definition) is 4. The van der Waals surface area contributed by atoms with Crippen molar-refractivity contribution in [2.75, 3.05) is 10.0 Å². The highest BCUT2D eigenvalue weighted by Gasteiger charge is 2.21. The van der Waals surface area contributed by atoms with Crippen molar-refractivity contribution in [3.05, 3.63) is 81.3 Å². The van der Waals surface area contributed by atoms with E-state index in [9.17, 15) is 17.6 Å². The number of sulfonamides is 1. The maximum absolute atomic E-state index is 14.2. The lowest BCUT2D eigenvalue weighted by molar-refractivity contribution is 0.102. The summed E-state index contributed by atoms with van der Waals surface area (Å²) in [6.45, 7) is 0. The summed E-state index contributed by atoms with van der Waals surface area (Å²) in [5, 5.41) is 2.87. The number of halogens is 4. The minimum atomic E-state index is -4.28. The van der Waals surface area contributed by atoms with Gasteiger partial charge in [-0.1, -0.05) is 34.8 Å². The van der Waals surface area contributed by atoms with Gasteiger partial charge in [-0.05, 0) is 42.5 Å². The Morgan fingerprint density at radius 1 is 0.931 bits per heavy atom. The van der Waals surface area contributed by atoms with Gasteiger partial charge in [-0.2, -0.15) is 0 Å². The third-order valence-electron chi connectivity index (χ3n) is 3.66. The van der Waals surface area contributed by atoms with E-state index in [0.29, 0.717) is 5.02 Å². The molecule has 150 valence electrons. The summed E-state index contributed by atoms with van der Waals surface area (Å²) < 4.78 is 41.6. The van der Waals surface area contributed by atoms with E-state index in [2.05, 4.69) is 15.0 Å². The summed E-state index contributed by atoms with van der Waals surface area (Å²) in [7, 11) is -4.28. The van der Waals surface area contributed by atoms with Gasteiger partial charge < -0.3 is 5.32 Å². The van der Waals surface area contributed by atoms with Gasteiger partial charge in [-0.25, -0.2) is 12.8 Å². The fourth-order valence-corrected chi connectivity index (χ4v) is 4.16. The lowest BCUT2D eigenvalue weighted by atomic mass is 10.2. The molecule has 3 aromatic rings. The molecule has 11 heteroatoms. The number of pyridine rings is 1. The van der Waals surface area contributed by atoms with Crippen molar-refractivity contribution in [3.63, 3.8) is 0 Å². The van der Waals surface area contributed by atoms with Crippen LogP contribution in [0, 0.1) is 5.82 Å². The number of aromatic nitrogens is 1. The number of rotatable bonds is 5. The summed E-state index contributed by atoms with van der Waals surface area (Å²) in [5.74, 6) is -1.70. The molecule has 1 aromatic heterocycles. The monoisotopic (exact) mass is 473 g/mol. The second kappa shape index (κ2) is 8.54. The first-order valence-electron chi connectivity index (χ1n) is 7.85. The Bertz CT molecular complexity index is 1170. The normalized spacial score (nSPS) is 11.2. The number of nitrogens with zero attached hydrogens (tertiary/aromatic N) is 1. The molecule has 2 N–H and O–H groups in total. The highest BCUT2D eigenvalue weighted by atomic mass is 35.5. The van der Waals surface area contributed by atoms with E-state index < -0.39 is 26.6 Å². The Hall–Kier alpha value is -2.39. The zero-order valence-corrected chi connectivity index (χ0v) is 17.4. The van der Waals surface area contributed by atoms with Crippen molar-refractivity contribution < 1.29 is 17.6 Å². The molecule has 1 amide bonds. The number of carbonyl (C=O) groups is 1. The molecule has 1 heterocycles. The van der Waals surface area contributed by atoms with Crippen LogP contribution >= 0.6 is 34.8 Å². The van der Waals surface area contributed by atoms with Gasteiger partial charge in [0.25, 0.3) is 15.9 Å². The largest absolute Gasteiger partial charge is 0.322 e. The Morgan fingerprint density at radius 2 is 1.52 bits per heavy atom. The molecule has 0 saturated carbocycles. The van der Waals surface area contributed by atoms with E-state index in [1.807, 2.05) is 0 Å². The zero-order chi connectivity index (χ0) is 21.2. The number of amides is 1. The van der Waals surface area contributed by atoms with E-state index in [4.69, 9.17) is 34.8 Å². The summed E-state index contributed by atoms with van der Waals surface area (Å²) >= 11 is 17.6. The molecule has 2 aromatic carbocycles. The third-order valence-corrected chi connectivity index (χ3v) is 5.88. The SMILES string of the molecule is O=C(Nc1ccc(F)c(S(=O)(=O)Nc2ccc(Cl)cc2)c1)c1c(Cl)cncc1Cl. The molecule has 0 aliphatic carbocycles. The van der Waals surface area contributed by atoms with Crippen LogP contribution in [0.5, 0.6) is 0 Å². The first-order valence-corrected chi connectivity index (χ1v) is 10.5. The minimum Gasteiger partial charge on any atom is -0.322 e. The van der Waals surface area contributed by atoms with Gasteiger partial charge in [0, 0.05) is 28.8 Å². The lowest BCUT2D eigenvalue weighted by Gasteiger charge is -2.12. The van der Waals surface area contributed by atoms with Crippen LogP contribution < -0.4 is 10.0 Å². The summed E-state index contributed by atoms with van der Waals surface area (Å²) in [6, 6.07) is 8.92. The van der Waals surface area contributed by atoms with Crippen molar-refractivity contribution in [1.29, 1.82) is 0 Å². The maximum atomic E-state index is 14.2. The smallest absolute Gasteiger partial charge is 0.264 e. The van der Waals surface area contributed by atoms with Gasteiger partial charge in [0.1, 0.15) is 10.7 Å². The molecule has 3 rings (SSSR count). The predicted molar refractivity (Wildman–Crippen MR) is 111 cm³/mol. The van der Waals surface area contributed by atoms with Gasteiger partial charge >= 0.3 is 0 Å². The van der Waals surface area contributed by atoms with Gasteiger partial charge in [-0.15, -0.1) is 0 Å². The number of hydrogen-bond donors (Lipinski definition) is 2. The predicted octanol–water partition coefficient (Wildman–Crippen LogP) is 5.23. The van der Waals surface area contributed by atoms with Crippen molar-refractivity contribution >= 4 is 62.1 Å². The Balaban J connectivity index is 1.89. The average molecular weight is 475 g/mol. The van der Waals surface area contributed by atoms with Crippen LogP contribution in [0.4, 0.5) is 15.8 Å². The Morgan fingerprint density at radius 3 is 2.14 bits per heavy atom. The molecule has 0 saturated heterocycles. The standard InChI is InChI=1S/C18H11Cl3FN3O3S/c19-10-1-3-11(4-2-10)25-29(27,28)16-7-12(5-6-15(16)22)24-18(26)17-13(20)8-23-9-14(17)21/h1-9,25H,(H,24,26). The number of benzene rings is 2. The number of carbonyl (C=O) groups excluding carboxylic acids is 1. The van der Waals surface area contributed by atoms with Crippen LogP contribution in [0.3, 0.4) is 0 Å². The molecule has 0 fully saturated rings. The average Bonchev–Trinajstić information content (AvgIpc) is 2.65. The molecule has 0 unspecified atom stereocenters. The van der Waals surface area contributed by atoms with Crippen LogP contribution in [0.1, 0.15) is 10.4 Å². The van der Waals surface area contributed by atoms with E-state index in [1.165, 1.54) is 42.7 Å². The molecule has 0 bridgehead atoms. The van der Waals surface area contributed by atoms with Crippen LogP contribution in [-0.4, -0.2) is 19.3 Å². The molecular weight excluding hydrogens is 464 g/mol. The summed E-state index contributed by atoms with van der Waals surface area (Å²) in [6.07, 6.45) is 2.47. The van der Waals surface area contributed by atoms with Gasteiger partial charge in [0.15, 0.2) is 0 Å². The van der Waals surface area contributed by atoms with Crippen molar-refractivity contribution in [2.45, 2.75) is 4.90 Å². The van der Waals surface area contributed by atoms with Crippen LogP contribution in [0.15, 0.2) is 59.8 Å². The molecular formula is C18H11Cl3FN3O3S. The van der Waals surface area contributed by atoms with Gasteiger partial charge in [-0.3, -0.25) is 14.5 Å². The van der Waals surface area contributed by atoms with Crippen LogP contribution in [-0.2, 0) is 10.0 Å². The first kappa shape index (κ1) is 21.3. The van der Waals surface area contributed by atoms with Crippen LogP contribution in [0.25, 0.3) is 0 Å². The lowest BCUT2D eigenvalue weighted by Crippen LogP contribution is -2.17. The van der Waals surface area contributed by atoms with Crippen molar-refractivity contribution in [1.82, 2.24) is 4.98 Å². The summed E-state index contributed by atoms with van der Waals surface area (Å²) in [5.41, 5.74) is 0.173. The van der Waals surface area contributed by atoms with E-state index in [-0.39, 0.29) is 27.0 Å². The molecule has 0 aliphatic rings. The fraction of sp³-hybridized carbons (Fsp3) is 0. The topological polar surface area (TPSA) is 88.2 Å². The first-order chi connectivity index (χ1) is 13.7. The minimum absolute atomic E-state index is 0.00867. The van der Waals surface area contributed by atoms with Crippen molar-refractivity contribution in [3.8, 4) is 0 Å².